The lowest BCUT2D eigenvalue weighted by molar-refractivity contribution is 1.08. The second-order valence-corrected chi connectivity index (χ2v) is 10.3. The van der Waals surface area contributed by atoms with Gasteiger partial charge in [0.15, 0.2) is 17.5 Å². The summed E-state index contributed by atoms with van der Waals surface area (Å²) in [6.07, 6.45) is 3.62. The molecule has 0 bridgehead atoms. The number of aromatic nitrogens is 4. The fourth-order valence-electron chi connectivity index (χ4n) is 5.76. The van der Waals surface area contributed by atoms with Crippen molar-refractivity contribution in [1.29, 1.82) is 0 Å². The van der Waals surface area contributed by atoms with Gasteiger partial charge in [-0.2, -0.15) is 0 Å². The maximum Gasteiger partial charge on any atom is 0.164 e. The summed E-state index contributed by atoms with van der Waals surface area (Å²) < 4.78 is 0. The Morgan fingerprint density at radius 3 is 1.67 bits per heavy atom. The number of nitrogens with zero attached hydrogens (tertiary/aromatic N) is 4. The Kier molecular flexibility index (Phi) is 5.75. The van der Waals surface area contributed by atoms with Crippen molar-refractivity contribution in [1.82, 2.24) is 19.9 Å². The van der Waals surface area contributed by atoms with Crippen LogP contribution in [0.25, 0.3) is 77.6 Å². The summed E-state index contributed by atoms with van der Waals surface area (Å²) in [7, 11) is 0. The predicted octanol–water partition coefficient (Wildman–Crippen LogP) is 9.39. The van der Waals surface area contributed by atoms with Gasteiger partial charge in [0.05, 0.1) is 0 Å². The molecule has 2 aromatic heterocycles. The van der Waals surface area contributed by atoms with Crippen LogP contribution in [-0.4, -0.2) is 19.9 Å². The van der Waals surface area contributed by atoms with E-state index in [1.807, 2.05) is 54.9 Å². The first-order valence-corrected chi connectivity index (χ1v) is 14.0. The van der Waals surface area contributed by atoms with Crippen molar-refractivity contribution in [2.75, 3.05) is 0 Å². The van der Waals surface area contributed by atoms with Crippen LogP contribution in [0.1, 0.15) is 0 Å². The molecule has 42 heavy (non-hydrogen) atoms. The number of hydrogen-bond donors (Lipinski definition) is 0. The van der Waals surface area contributed by atoms with Crippen molar-refractivity contribution >= 4 is 32.3 Å². The molecular formula is C38H24N4. The van der Waals surface area contributed by atoms with E-state index in [0.717, 1.165) is 38.6 Å². The zero-order chi connectivity index (χ0) is 27.9. The number of pyridine rings is 1. The zero-order valence-corrected chi connectivity index (χ0v) is 22.6. The second kappa shape index (κ2) is 10.0. The molecule has 0 aliphatic rings. The van der Waals surface area contributed by atoms with E-state index in [1.54, 1.807) is 0 Å². The van der Waals surface area contributed by atoms with Crippen molar-refractivity contribution in [2.24, 2.45) is 0 Å². The Balaban J connectivity index is 1.36. The highest BCUT2D eigenvalue weighted by molar-refractivity contribution is 6.23. The van der Waals surface area contributed by atoms with E-state index in [1.165, 1.54) is 21.5 Å². The van der Waals surface area contributed by atoms with Gasteiger partial charge >= 0.3 is 0 Å². The number of rotatable bonds is 4. The molecule has 2 heterocycles. The van der Waals surface area contributed by atoms with Crippen molar-refractivity contribution < 1.29 is 0 Å². The van der Waals surface area contributed by atoms with Crippen molar-refractivity contribution in [3.8, 4) is 45.3 Å². The number of benzene rings is 6. The Hall–Kier alpha value is -5.74. The molecule has 0 N–H and O–H groups in total. The van der Waals surface area contributed by atoms with Gasteiger partial charge in [-0.15, -0.1) is 0 Å². The lowest BCUT2D eigenvalue weighted by Gasteiger charge is -2.14. The highest BCUT2D eigenvalue weighted by Crippen LogP contribution is 2.38. The molecule has 196 valence electrons. The Morgan fingerprint density at radius 2 is 0.905 bits per heavy atom. The molecule has 0 saturated heterocycles. The molecule has 0 fully saturated rings. The zero-order valence-electron chi connectivity index (χ0n) is 22.6. The SMILES string of the molecule is c1ccc(-c2nc(-c3ccc(-c4ccncc4)cc3)nc(-c3cc4ccc5ccccc5c4c4ccccc34)n2)cc1. The van der Waals surface area contributed by atoms with Gasteiger partial charge in [-0.05, 0) is 61.6 Å². The Morgan fingerprint density at radius 1 is 0.357 bits per heavy atom. The number of hydrogen-bond acceptors (Lipinski definition) is 4. The van der Waals surface area contributed by atoms with E-state index in [2.05, 4.69) is 96.0 Å². The van der Waals surface area contributed by atoms with E-state index in [4.69, 9.17) is 15.0 Å². The summed E-state index contributed by atoms with van der Waals surface area (Å²) in [6.45, 7) is 0. The smallest absolute Gasteiger partial charge is 0.164 e. The van der Waals surface area contributed by atoms with Crippen LogP contribution < -0.4 is 0 Å². The van der Waals surface area contributed by atoms with Crippen LogP contribution in [0.5, 0.6) is 0 Å². The van der Waals surface area contributed by atoms with Gasteiger partial charge in [-0.25, -0.2) is 15.0 Å². The van der Waals surface area contributed by atoms with Crippen LogP contribution in [0.2, 0.25) is 0 Å². The lowest BCUT2D eigenvalue weighted by Crippen LogP contribution is -2.00. The van der Waals surface area contributed by atoms with Crippen molar-refractivity contribution in [3.63, 3.8) is 0 Å². The standard InChI is InChI=1S/C38H24N4/c1-2-9-28(10-3-1)36-40-37(29-17-14-25(15-18-29)26-20-22-39-23-21-26)42-38(41-36)34-24-30-19-16-27-8-4-5-11-31(27)35(30)33-13-7-6-12-32(33)34/h1-24H. The molecule has 0 atom stereocenters. The minimum absolute atomic E-state index is 0.642. The Bertz CT molecular complexity index is 2230. The molecule has 8 rings (SSSR count). The first-order chi connectivity index (χ1) is 20.8. The van der Waals surface area contributed by atoms with E-state index in [0.29, 0.717) is 17.5 Å². The first-order valence-electron chi connectivity index (χ1n) is 14.0. The summed E-state index contributed by atoms with van der Waals surface area (Å²) in [5, 5.41) is 7.18. The highest BCUT2D eigenvalue weighted by atomic mass is 15.0. The predicted molar refractivity (Wildman–Crippen MR) is 172 cm³/mol. The molecule has 0 unspecified atom stereocenters. The second-order valence-electron chi connectivity index (χ2n) is 10.3. The molecule has 4 heteroatoms. The van der Waals surface area contributed by atoms with E-state index in [9.17, 15) is 0 Å². The summed E-state index contributed by atoms with van der Waals surface area (Å²) in [4.78, 5) is 19.2. The average molecular weight is 537 g/mol. The average Bonchev–Trinajstić information content (AvgIpc) is 3.08. The van der Waals surface area contributed by atoms with Crippen LogP contribution in [0.15, 0.2) is 146 Å². The third-order valence-electron chi connectivity index (χ3n) is 7.81. The van der Waals surface area contributed by atoms with Crippen LogP contribution in [0, 0.1) is 0 Å². The van der Waals surface area contributed by atoms with Gasteiger partial charge < -0.3 is 0 Å². The molecule has 6 aromatic carbocycles. The van der Waals surface area contributed by atoms with E-state index in [-0.39, 0.29) is 0 Å². The lowest BCUT2D eigenvalue weighted by atomic mass is 9.93. The molecule has 0 aliphatic heterocycles. The van der Waals surface area contributed by atoms with Gasteiger partial charge in [0.1, 0.15) is 0 Å². The van der Waals surface area contributed by atoms with Crippen molar-refractivity contribution in [3.05, 3.63) is 146 Å². The van der Waals surface area contributed by atoms with Crippen LogP contribution in [0.4, 0.5) is 0 Å². The van der Waals surface area contributed by atoms with E-state index < -0.39 is 0 Å². The molecule has 0 saturated carbocycles. The number of fused-ring (bicyclic) bond motifs is 5. The summed E-state index contributed by atoms with van der Waals surface area (Å²) in [5.74, 6) is 1.95. The molecule has 0 radical (unpaired) electrons. The maximum absolute atomic E-state index is 5.09. The molecule has 0 amide bonds. The molecule has 8 aromatic rings. The van der Waals surface area contributed by atoms with Crippen molar-refractivity contribution in [2.45, 2.75) is 0 Å². The minimum Gasteiger partial charge on any atom is -0.265 e. The minimum atomic E-state index is 0.642. The van der Waals surface area contributed by atoms with E-state index >= 15 is 0 Å². The largest absolute Gasteiger partial charge is 0.265 e. The normalized spacial score (nSPS) is 11.3. The van der Waals surface area contributed by atoms with Gasteiger partial charge in [-0.3, -0.25) is 4.98 Å². The first kappa shape index (κ1) is 24.1. The van der Waals surface area contributed by atoms with Gasteiger partial charge in [0, 0.05) is 29.1 Å². The van der Waals surface area contributed by atoms with Gasteiger partial charge in [0.2, 0.25) is 0 Å². The van der Waals surface area contributed by atoms with Gasteiger partial charge in [-0.1, -0.05) is 115 Å². The molecule has 4 nitrogen and oxygen atoms in total. The summed E-state index contributed by atoms with van der Waals surface area (Å²) >= 11 is 0. The molecule has 0 spiro atoms. The fraction of sp³-hybridized carbons (Fsp3) is 0. The monoisotopic (exact) mass is 536 g/mol. The topological polar surface area (TPSA) is 51.6 Å². The molecule has 0 aliphatic carbocycles. The van der Waals surface area contributed by atoms with Crippen LogP contribution in [-0.2, 0) is 0 Å². The maximum atomic E-state index is 5.09. The Labute approximate surface area is 243 Å². The van der Waals surface area contributed by atoms with Gasteiger partial charge in [0.25, 0.3) is 0 Å². The highest BCUT2D eigenvalue weighted by Gasteiger charge is 2.17. The quantitative estimate of drug-likeness (QED) is 0.210. The summed E-state index contributed by atoms with van der Waals surface area (Å²) in [5.41, 5.74) is 5.11. The molecular weight excluding hydrogens is 512 g/mol. The van der Waals surface area contributed by atoms with Crippen LogP contribution in [0.3, 0.4) is 0 Å². The third-order valence-corrected chi connectivity index (χ3v) is 7.81. The fourth-order valence-corrected chi connectivity index (χ4v) is 5.76. The van der Waals surface area contributed by atoms with Crippen LogP contribution >= 0.6 is 0 Å². The third kappa shape index (κ3) is 4.18. The summed E-state index contributed by atoms with van der Waals surface area (Å²) in [6, 6.07) is 46.2.